The quantitative estimate of drug-likeness (QED) is 0.813. The molecule has 0 saturated heterocycles. The van der Waals surface area contributed by atoms with Gasteiger partial charge in [0.25, 0.3) is 0 Å². The van der Waals surface area contributed by atoms with Crippen molar-refractivity contribution in [1.29, 1.82) is 0 Å². The summed E-state index contributed by atoms with van der Waals surface area (Å²) in [6, 6.07) is 4.83. The van der Waals surface area contributed by atoms with Crippen molar-refractivity contribution in [3.8, 4) is 0 Å². The number of nitrogens with one attached hydrogen (secondary N) is 1. The molecule has 0 spiro atoms. The molecule has 1 fully saturated rings. The van der Waals surface area contributed by atoms with Crippen molar-refractivity contribution in [2.45, 2.75) is 19.4 Å². The van der Waals surface area contributed by atoms with Crippen LogP contribution in [0.3, 0.4) is 0 Å². The molecule has 2 atom stereocenters. The molecule has 72 valence electrons. The molecule has 14 heavy (non-hydrogen) atoms. The number of fused-ring (bicyclic) bond motifs is 1. The van der Waals surface area contributed by atoms with Crippen LogP contribution in [0.5, 0.6) is 0 Å². The van der Waals surface area contributed by atoms with E-state index in [1.54, 1.807) is 11.3 Å². The molecule has 0 aliphatic heterocycles. The van der Waals surface area contributed by atoms with E-state index in [1.165, 1.54) is 16.8 Å². The molecule has 2 aromatic rings. The first-order chi connectivity index (χ1) is 6.84. The summed E-state index contributed by atoms with van der Waals surface area (Å²) < 4.78 is 1.28. The Balaban J connectivity index is 1.98. The van der Waals surface area contributed by atoms with Gasteiger partial charge in [0.05, 0.1) is 15.9 Å². The van der Waals surface area contributed by atoms with Crippen LogP contribution in [0, 0.1) is 5.92 Å². The molecule has 2 heterocycles. The van der Waals surface area contributed by atoms with Crippen LogP contribution in [0.2, 0.25) is 0 Å². The molecule has 3 heteroatoms. The fourth-order valence-electron chi connectivity index (χ4n) is 1.71. The van der Waals surface area contributed by atoms with Gasteiger partial charge >= 0.3 is 0 Å². The monoisotopic (exact) mass is 204 g/mol. The normalized spacial score (nSPS) is 25.2. The van der Waals surface area contributed by atoms with E-state index >= 15 is 0 Å². The lowest BCUT2D eigenvalue weighted by Crippen LogP contribution is -2.03. The summed E-state index contributed by atoms with van der Waals surface area (Å²) in [4.78, 5) is 4.32. The maximum atomic E-state index is 4.32. The molecule has 0 bridgehead atoms. The minimum atomic E-state index is 0.683. The van der Waals surface area contributed by atoms with Crippen molar-refractivity contribution in [1.82, 2.24) is 4.98 Å². The van der Waals surface area contributed by atoms with Crippen molar-refractivity contribution in [3.63, 3.8) is 0 Å². The van der Waals surface area contributed by atoms with Gasteiger partial charge in [-0.2, -0.15) is 0 Å². The Morgan fingerprint density at radius 2 is 2.36 bits per heavy atom. The van der Waals surface area contributed by atoms with E-state index in [0.717, 1.165) is 11.4 Å². The Kier molecular flexibility index (Phi) is 1.74. The Morgan fingerprint density at radius 3 is 3.14 bits per heavy atom. The van der Waals surface area contributed by atoms with Crippen molar-refractivity contribution in [3.05, 3.63) is 23.7 Å². The lowest BCUT2D eigenvalue weighted by molar-refractivity contribution is 0.930. The highest BCUT2D eigenvalue weighted by Gasteiger charge is 2.32. The summed E-state index contributed by atoms with van der Waals surface area (Å²) in [6.07, 6.45) is 3.18. The van der Waals surface area contributed by atoms with Crippen molar-refractivity contribution < 1.29 is 0 Å². The van der Waals surface area contributed by atoms with E-state index in [9.17, 15) is 0 Å². The fraction of sp³-hybridized carbons (Fsp3) is 0.364. The minimum absolute atomic E-state index is 0.683. The van der Waals surface area contributed by atoms with Crippen LogP contribution in [0.15, 0.2) is 23.7 Å². The van der Waals surface area contributed by atoms with E-state index in [4.69, 9.17) is 0 Å². The molecular formula is C11H12N2S. The first kappa shape index (κ1) is 8.24. The van der Waals surface area contributed by atoms with Crippen molar-refractivity contribution in [2.24, 2.45) is 5.92 Å². The average Bonchev–Trinajstić information content (AvgIpc) is 2.69. The highest BCUT2D eigenvalue weighted by molar-refractivity contribution is 7.17. The summed E-state index contributed by atoms with van der Waals surface area (Å²) in [5.74, 6) is 0.832. The molecule has 0 aromatic carbocycles. The number of rotatable bonds is 2. The van der Waals surface area contributed by atoms with Gasteiger partial charge in [0.2, 0.25) is 0 Å². The van der Waals surface area contributed by atoms with Crippen LogP contribution in [0.1, 0.15) is 13.3 Å². The van der Waals surface area contributed by atoms with Gasteiger partial charge in [-0.05, 0) is 29.9 Å². The molecule has 1 N–H and O–H groups in total. The molecule has 2 nitrogen and oxygen atoms in total. The van der Waals surface area contributed by atoms with E-state index in [1.807, 2.05) is 6.20 Å². The summed E-state index contributed by atoms with van der Waals surface area (Å²) in [7, 11) is 0. The first-order valence-electron chi connectivity index (χ1n) is 4.93. The van der Waals surface area contributed by atoms with Crippen LogP contribution in [-0.2, 0) is 0 Å². The molecule has 1 aliphatic rings. The molecule has 0 amide bonds. The van der Waals surface area contributed by atoms with E-state index in [0.29, 0.717) is 6.04 Å². The van der Waals surface area contributed by atoms with Gasteiger partial charge in [-0.25, -0.2) is 0 Å². The van der Waals surface area contributed by atoms with Crippen LogP contribution in [-0.4, -0.2) is 11.0 Å². The van der Waals surface area contributed by atoms with Crippen LogP contribution < -0.4 is 5.32 Å². The number of pyridine rings is 1. The number of anilines is 1. The predicted molar refractivity (Wildman–Crippen MR) is 60.8 cm³/mol. The van der Waals surface area contributed by atoms with E-state index in [2.05, 4.69) is 34.7 Å². The third kappa shape index (κ3) is 1.28. The zero-order chi connectivity index (χ0) is 9.54. The summed E-state index contributed by atoms with van der Waals surface area (Å²) in [5, 5.41) is 5.66. The largest absolute Gasteiger partial charge is 0.381 e. The molecule has 2 aromatic heterocycles. The Labute approximate surface area is 87.0 Å². The maximum Gasteiger partial charge on any atom is 0.0830 e. The SMILES string of the molecule is C[C@@H]1C[C@H]1Nc1ccnc2ccsc12. The molecule has 3 rings (SSSR count). The number of aromatic nitrogens is 1. The molecule has 0 radical (unpaired) electrons. The van der Waals surface area contributed by atoms with Crippen LogP contribution in [0.25, 0.3) is 10.2 Å². The smallest absolute Gasteiger partial charge is 0.0830 e. The highest BCUT2D eigenvalue weighted by atomic mass is 32.1. The van der Waals surface area contributed by atoms with Crippen molar-refractivity contribution in [2.75, 3.05) is 5.32 Å². The molecule has 1 aliphatic carbocycles. The number of hydrogen-bond donors (Lipinski definition) is 1. The van der Waals surface area contributed by atoms with Gasteiger partial charge in [-0.3, -0.25) is 4.98 Å². The third-order valence-electron chi connectivity index (χ3n) is 2.79. The molecular weight excluding hydrogens is 192 g/mol. The van der Waals surface area contributed by atoms with Crippen molar-refractivity contribution >= 4 is 27.2 Å². The van der Waals surface area contributed by atoms with Gasteiger partial charge in [-0.15, -0.1) is 11.3 Å². The van der Waals surface area contributed by atoms with E-state index < -0.39 is 0 Å². The second-order valence-corrected chi connectivity index (χ2v) is 4.87. The summed E-state index contributed by atoms with van der Waals surface area (Å²) in [5.41, 5.74) is 2.35. The van der Waals surface area contributed by atoms with Gasteiger partial charge in [-0.1, -0.05) is 6.92 Å². The minimum Gasteiger partial charge on any atom is -0.381 e. The average molecular weight is 204 g/mol. The first-order valence-corrected chi connectivity index (χ1v) is 5.81. The molecule has 0 unspecified atom stereocenters. The lowest BCUT2D eigenvalue weighted by atomic mass is 10.3. The number of thiophene rings is 1. The van der Waals surface area contributed by atoms with Gasteiger partial charge in [0.15, 0.2) is 0 Å². The topological polar surface area (TPSA) is 24.9 Å². The zero-order valence-corrected chi connectivity index (χ0v) is 8.84. The summed E-state index contributed by atoms with van der Waals surface area (Å²) in [6.45, 7) is 2.28. The van der Waals surface area contributed by atoms with Crippen LogP contribution in [0.4, 0.5) is 5.69 Å². The third-order valence-corrected chi connectivity index (χ3v) is 3.73. The summed E-state index contributed by atoms with van der Waals surface area (Å²) >= 11 is 1.76. The van der Waals surface area contributed by atoms with E-state index in [-0.39, 0.29) is 0 Å². The zero-order valence-electron chi connectivity index (χ0n) is 8.03. The van der Waals surface area contributed by atoms with Crippen LogP contribution >= 0.6 is 11.3 Å². The maximum absolute atomic E-state index is 4.32. The molecule has 1 saturated carbocycles. The second kappa shape index (κ2) is 2.95. The van der Waals surface area contributed by atoms with Gasteiger partial charge in [0, 0.05) is 12.2 Å². The second-order valence-electron chi connectivity index (χ2n) is 3.96. The fourth-order valence-corrected chi connectivity index (χ4v) is 2.54. The Bertz CT molecular complexity index is 463. The van der Waals surface area contributed by atoms with Gasteiger partial charge in [0.1, 0.15) is 0 Å². The van der Waals surface area contributed by atoms with Gasteiger partial charge < -0.3 is 5.32 Å². The number of nitrogens with zero attached hydrogens (tertiary/aromatic N) is 1. The standard InChI is InChI=1S/C11H12N2S/c1-7-6-10(7)13-9-2-4-12-8-3-5-14-11(8)9/h2-5,7,10H,6H2,1H3,(H,12,13)/t7-,10-/m1/s1. The Hall–Kier alpha value is -1.09. The predicted octanol–water partition coefficient (Wildman–Crippen LogP) is 3.12. The highest BCUT2D eigenvalue weighted by Crippen LogP contribution is 2.35. The number of hydrogen-bond acceptors (Lipinski definition) is 3. The Morgan fingerprint density at radius 1 is 1.50 bits per heavy atom. The lowest BCUT2D eigenvalue weighted by Gasteiger charge is -2.05.